The summed E-state index contributed by atoms with van der Waals surface area (Å²) < 4.78 is 0.624. The molecule has 0 atom stereocenters. The number of benzene rings is 2. The Morgan fingerprint density at radius 3 is 2.36 bits per heavy atom. The second-order valence-corrected chi connectivity index (χ2v) is 5.81. The lowest BCUT2D eigenvalue weighted by atomic mass is 10.2. The summed E-state index contributed by atoms with van der Waals surface area (Å²) >= 11 is 14.9. The summed E-state index contributed by atoms with van der Waals surface area (Å²) in [4.78, 5) is 23.6. The number of hydrogen-bond donors (Lipinski definition) is 3. The minimum atomic E-state index is -0.612. The van der Waals surface area contributed by atoms with Gasteiger partial charge < -0.3 is 5.32 Å². The van der Waals surface area contributed by atoms with Crippen molar-refractivity contribution in [1.82, 2.24) is 10.9 Å². The van der Waals surface area contributed by atoms with Crippen LogP contribution in [0, 0.1) is 0 Å². The van der Waals surface area contributed by atoms with E-state index in [1.165, 1.54) is 6.07 Å². The Bertz CT molecular complexity index is 725. The lowest BCUT2D eigenvalue weighted by Crippen LogP contribution is -2.44. The summed E-state index contributed by atoms with van der Waals surface area (Å²) in [6, 6.07) is 10.9. The summed E-state index contributed by atoms with van der Waals surface area (Å²) in [6.07, 6.45) is 0. The molecule has 2 rings (SSSR count). The van der Waals surface area contributed by atoms with E-state index in [2.05, 4.69) is 32.1 Å². The molecule has 0 aromatic heterocycles. The summed E-state index contributed by atoms with van der Waals surface area (Å²) in [5.41, 5.74) is 5.39. The number of anilines is 1. The average Bonchev–Trinajstić information content (AvgIpc) is 2.49. The molecule has 0 aliphatic rings. The largest absolute Gasteiger partial charge is 0.337 e. The third kappa shape index (κ3) is 4.37. The van der Waals surface area contributed by atoms with Gasteiger partial charge in [0.2, 0.25) is 0 Å². The van der Waals surface area contributed by atoms with Gasteiger partial charge in [-0.15, -0.1) is 0 Å². The Labute approximate surface area is 145 Å². The lowest BCUT2D eigenvalue weighted by Gasteiger charge is -2.10. The molecule has 22 heavy (non-hydrogen) atoms. The van der Waals surface area contributed by atoms with E-state index < -0.39 is 11.9 Å². The van der Waals surface area contributed by atoms with Gasteiger partial charge in [-0.05, 0) is 46.3 Å². The number of hydrazine groups is 1. The smallest absolute Gasteiger partial charge is 0.307 e. The highest BCUT2D eigenvalue weighted by atomic mass is 79.9. The first-order valence-corrected chi connectivity index (χ1v) is 7.59. The van der Waals surface area contributed by atoms with E-state index in [1.54, 1.807) is 36.4 Å². The summed E-state index contributed by atoms with van der Waals surface area (Å²) in [7, 11) is 0. The zero-order valence-corrected chi connectivity index (χ0v) is 14.1. The molecule has 0 aliphatic carbocycles. The number of halogens is 3. The zero-order chi connectivity index (χ0) is 16.1. The lowest BCUT2D eigenvalue weighted by molar-refractivity contribution is 0.0937. The molecule has 0 bridgehead atoms. The van der Waals surface area contributed by atoms with Gasteiger partial charge in [0.05, 0.1) is 15.6 Å². The van der Waals surface area contributed by atoms with Crippen molar-refractivity contribution < 1.29 is 9.59 Å². The minimum Gasteiger partial charge on any atom is -0.307 e. The van der Waals surface area contributed by atoms with E-state index in [4.69, 9.17) is 23.2 Å². The van der Waals surface area contributed by atoms with E-state index in [0.717, 1.165) is 0 Å². The maximum absolute atomic E-state index is 11.9. The maximum atomic E-state index is 11.9. The van der Waals surface area contributed by atoms with Crippen molar-refractivity contribution in [1.29, 1.82) is 0 Å². The van der Waals surface area contributed by atoms with E-state index in [1.807, 2.05) is 0 Å². The Kier molecular flexibility index (Phi) is 5.65. The van der Waals surface area contributed by atoms with Crippen LogP contribution in [-0.2, 0) is 0 Å². The fourth-order valence-electron chi connectivity index (χ4n) is 1.56. The van der Waals surface area contributed by atoms with Crippen molar-refractivity contribution in [3.05, 3.63) is 62.5 Å². The molecule has 0 heterocycles. The van der Waals surface area contributed by atoms with Gasteiger partial charge in [-0.3, -0.25) is 10.2 Å². The van der Waals surface area contributed by atoms with Gasteiger partial charge in [0.1, 0.15) is 0 Å². The molecule has 0 aliphatic heterocycles. The van der Waals surface area contributed by atoms with Crippen LogP contribution in [0.3, 0.4) is 0 Å². The molecule has 3 amide bonds. The van der Waals surface area contributed by atoms with Crippen LogP contribution < -0.4 is 16.2 Å². The third-order valence-electron chi connectivity index (χ3n) is 2.59. The van der Waals surface area contributed by atoms with Crippen LogP contribution in [0.1, 0.15) is 10.4 Å². The van der Waals surface area contributed by atoms with Crippen molar-refractivity contribution in [2.45, 2.75) is 0 Å². The molecule has 0 fully saturated rings. The standard InChI is InChI=1S/C14H10BrCl2N3O2/c15-10-4-2-1-3-9(10)13(21)19-20-14(22)18-8-5-6-11(16)12(17)7-8/h1-7H,(H,19,21)(H2,18,20,22). The molecule has 0 saturated heterocycles. The predicted molar refractivity (Wildman–Crippen MR) is 90.2 cm³/mol. The van der Waals surface area contributed by atoms with Crippen molar-refractivity contribution in [2.75, 3.05) is 5.32 Å². The Morgan fingerprint density at radius 2 is 1.68 bits per heavy atom. The van der Waals surface area contributed by atoms with Crippen LogP contribution in [0.5, 0.6) is 0 Å². The van der Waals surface area contributed by atoms with Crippen molar-refractivity contribution in [3.8, 4) is 0 Å². The number of rotatable bonds is 2. The van der Waals surface area contributed by atoms with Gasteiger partial charge in [-0.25, -0.2) is 10.2 Å². The van der Waals surface area contributed by atoms with Crippen LogP contribution in [0.15, 0.2) is 46.9 Å². The molecule has 0 unspecified atom stereocenters. The third-order valence-corrected chi connectivity index (χ3v) is 4.02. The molecular formula is C14H10BrCl2N3O2. The van der Waals surface area contributed by atoms with Gasteiger partial charge in [0, 0.05) is 10.2 Å². The van der Waals surface area contributed by atoms with Crippen molar-refractivity contribution in [2.24, 2.45) is 0 Å². The van der Waals surface area contributed by atoms with Gasteiger partial charge in [0.15, 0.2) is 0 Å². The Balaban J connectivity index is 1.91. The van der Waals surface area contributed by atoms with E-state index in [0.29, 0.717) is 25.8 Å². The van der Waals surface area contributed by atoms with Crippen LogP contribution in [0.4, 0.5) is 10.5 Å². The first-order chi connectivity index (χ1) is 10.5. The highest BCUT2D eigenvalue weighted by Crippen LogP contribution is 2.24. The number of carbonyl (C=O) groups excluding carboxylic acids is 2. The fraction of sp³-hybridized carbons (Fsp3) is 0. The number of amides is 3. The number of nitrogens with one attached hydrogen (secondary N) is 3. The van der Waals surface area contributed by atoms with Crippen LogP contribution in [0.2, 0.25) is 10.0 Å². The van der Waals surface area contributed by atoms with Crippen molar-refractivity contribution in [3.63, 3.8) is 0 Å². The molecule has 2 aromatic rings. The van der Waals surface area contributed by atoms with Crippen LogP contribution >= 0.6 is 39.1 Å². The molecule has 8 heteroatoms. The fourth-order valence-corrected chi connectivity index (χ4v) is 2.33. The SMILES string of the molecule is O=C(NNC(=O)c1ccccc1Br)Nc1ccc(Cl)c(Cl)c1. The molecule has 0 saturated carbocycles. The second kappa shape index (κ2) is 7.49. The molecule has 5 nitrogen and oxygen atoms in total. The average molecular weight is 403 g/mol. The molecule has 3 N–H and O–H groups in total. The predicted octanol–water partition coefficient (Wildman–Crippen LogP) is 4.22. The van der Waals surface area contributed by atoms with Crippen molar-refractivity contribution >= 4 is 56.8 Å². The van der Waals surface area contributed by atoms with Crippen LogP contribution in [0.25, 0.3) is 0 Å². The van der Waals surface area contributed by atoms with Gasteiger partial charge >= 0.3 is 6.03 Å². The topological polar surface area (TPSA) is 70.2 Å². The van der Waals surface area contributed by atoms with Gasteiger partial charge in [-0.2, -0.15) is 0 Å². The first kappa shape index (κ1) is 16.6. The molecule has 0 spiro atoms. The van der Waals surface area contributed by atoms with E-state index in [9.17, 15) is 9.59 Å². The van der Waals surface area contributed by atoms with Gasteiger partial charge in [-0.1, -0.05) is 35.3 Å². The minimum absolute atomic E-state index is 0.316. The quantitative estimate of drug-likeness (QED) is 0.658. The maximum Gasteiger partial charge on any atom is 0.337 e. The summed E-state index contributed by atoms with van der Waals surface area (Å²) in [6.45, 7) is 0. The zero-order valence-electron chi connectivity index (χ0n) is 11.0. The Morgan fingerprint density at radius 1 is 0.955 bits per heavy atom. The highest BCUT2D eigenvalue weighted by Gasteiger charge is 2.10. The normalized spacial score (nSPS) is 9.95. The number of hydrogen-bond acceptors (Lipinski definition) is 2. The molecular weight excluding hydrogens is 393 g/mol. The summed E-state index contributed by atoms with van der Waals surface area (Å²) in [5.74, 6) is -0.447. The molecule has 2 aromatic carbocycles. The van der Waals surface area contributed by atoms with Gasteiger partial charge in [0.25, 0.3) is 5.91 Å². The molecule has 114 valence electrons. The van der Waals surface area contributed by atoms with Crippen LogP contribution in [-0.4, -0.2) is 11.9 Å². The highest BCUT2D eigenvalue weighted by molar-refractivity contribution is 9.10. The summed E-state index contributed by atoms with van der Waals surface area (Å²) in [5, 5.41) is 3.21. The number of carbonyl (C=O) groups is 2. The Hall–Kier alpha value is -1.76. The molecule has 0 radical (unpaired) electrons. The van der Waals surface area contributed by atoms with E-state index >= 15 is 0 Å². The number of urea groups is 1. The van der Waals surface area contributed by atoms with E-state index in [-0.39, 0.29) is 0 Å². The first-order valence-electron chi connectivity index (χ1n) is 6.04. The monoisotopic (exact) mass is 401 g/mol. The second-order valence-electron chi connectivity index (χ2n) is 4.14.